The first-order valence-corrected chi connectivity index (χ1v) is 5.80. The standard InChI is InChI=1S/C14H17NO3/c1-3-18-14(17)9-13(10-15-11(2)16)12-7-5-4-6-8-12/h4-9H,3,10H2,1-2H3,(H,15,16). The third kappa shape index (κ3) is 4.82. The largest absolute Gasteiger partial charge is 0.463 e. The van der Waals surface area contributed by atoms with Gasteiger partial charge in [-0.05, 0) is 18.1 Å². The fourth-order valence-corrected chi connectivity index (χ4v) is 1.43. The molecule has 96 valence electrons. The number of amides is 1. The molecule has 1 aromatic carbocycles. The fourth-order valence-electron chi connectivity index (χ4n) is 1.43. The normalized spacial score (nSPS) is 10.9. The van der Waals surface area contributed by atoms with Crippen LogP contribution >= 0.6 is 0 Å². The summed E-state index contributed by atoms with van der Waals surface area (Å²) in [6.07, 6.45) is 1.41. The lowest BCUT2D eigenvalue weighted by atomic mass is 10.1. The highest BCUT2D eigenvalue weighted by Crippen LogP contribution is 2.13. The highest BCUT2D eigenvalue weighted by Gasteiger charge is 2.06. The van der Waals surface area contributed by atoms with Gasteiger partial charge in [-0.15, -0.1) is 0 Å². The topological polar surface area (TPSA) is 55.4 Å². The Bertz CT molecular complexity index is 438. The zero-order chi connectivity index (χ0) is 13.4. The molecule has 1 amide bonds. The number of hydrogen-bond acceptors (Lipinski definition) is 3. The summed E-state index contributed by atoms with van der Waals surface area (Å²) in [5.41, 5.74) is 1.61. The van der Waals surface area contributed by atoms with E-state index in [4.69, 9.17) is 4.74 Å². The van der Waals surface area contributed by atoms with E-state index in [1.165, 1.54) is 13.0 Å². The molecular formula is C14H17NO3. The Balaban J connectivity index is 2.88. The van der Waals surface area contributed by atoms with Gasteiger partial charge in [0.05, 0.1) is 6.61 Å². The number of esters is 1. The average Bonchev–Trinajstić information content (AvgIpc) is 2.35. The van der Waals surface area contributed by atoms with Crippen molar-refractivity contribution in [3.05, 3.63) is 42.0 Å². The van der Waals surface area contributed by atoms with Gasteiger partial charge in [0.15, 0.2) is 0 Å². The highest BCUT2D eigenvalue weighted by molar-refractivity contribution is 5.92. The second kappa shape index (κ2) is 7.27. The van der Waals surface area contributed by atoms with Crippen molar-refractivity contribution in [2.75, 3.05) is 13.2 Å². The third-order valence-corrected chi connectivity index (χ3v) is 2.25. The van der Waals surface area contributed by atoms with E-state index in [0.717, 1.165) is 11.1 Å². The molecule has 18 heavy (non-hydrogen) atoms. The van der Waals surface area contributed by atoms with Gasteiger partial charge < -0.3 is 10.1 Å². The maximum Gasteiger partial charge on any atom is 0.331 e. The number of benzene rings is 1. The highest BCUT2D eigenvalue weighted by atomic mass is 16.5. The fraction of sp³-hybridized carbons (Fsp3) is 0.286. The molecule has 0 aromatic heterocycles. The van der Waals surface area contributed by atoms with Crippen LogP contribution in [0, 0.1) is 0 Å². The number of hydrogen-bond donors (Lipinski definition) is 1. The molecule has 1 aromatic rings. The molecule has 0 unspecified atom stereocenters. The van der Waals surface area contributed by atoms with Gasteiger partial charge in [-0.25, -0.2) is 4.79 Å². The number of nitrogens with one attached hydrogen (secondary N) is 1. The number of rotatable bonds is 5. The van der Waals surface area contributed by atoms with Gasteiger partial charge in [0.25, 0.3) is 0 Å². The van der Waals surface area contributed by atoms with Gasteiger partial charge in [0.1, 0.15) is 0 Å². The lowest BCUT2D eigenvalue weighted by molar-refractivity contribution is -0.137. The number of carbonyl (C=O) groups excluding carboxylic acids is 2. The van der Waals surface area contributed by atoms with Crippen molar-refractivity contribution in [3.63, 3.8) is 0 Å². The lowest BCUT2D eigenvalue weighted by Crippen LogP contribution is -2.22. The van der Waals surface area contributed by atoms with Crippen molar-refractivity contribution < 1.29 is 14.3 Å². The smallest absolute Gasteiger partial charge is 0.331 e. The van der Waals surface area contributed by atoms with Crippen molar-refractivity contribution in [2.45, 2.75) is 13.8 Å². The molecule has 4 nitrogen and oxygen atoms in total. The molecule has 0 saturated carbocycles. The molecule has 0 atom stereocenters. The molecule has 1 rings (SSSR count). The van der Waals surface area contributed by atoms with E-state index in [-0.39, 0.29) is 5.91 Å². The predicted molar refractivity (Wildman–Crippen MR) is 69.7 cm³/mol. The van der Waals surface area contributed by atoms with Crippen LogP contribution in [0.3, 0.4) is 0 Å². The van der Waals surface area contributed by atoms with Crippen LogP contribution in [0.15, 0.2) is 36.4 Å². The van der Waals surface area contributed by atoms with E-state index < -0.39 is 5.97 Å². The molecule has 0 saturated heterocycles. The summed E-state index contributed by atoms with van der Waals surface area (Å²) in [5, 5.41) is 2.68. The molecule has 0 fully saturated rings. The summed E-state index contributed by atoms with van der Waals surface area (Å²) in [5.74, 6) is -0.539. The maximum atomic E-state index is 11.5. The van der Waals surface area contributed by atoms with E-state index in [1.807, 2.05) is 30.3 Å². The van der Waals surface area contributed by atoms with Crippen molar-refractivity contribution in [3.8, 4) is 0 Å². The van der Waals surface area contributed by atoms with Crippen molar-refractivity contribution >= 4 is 17.4 Å². The summed E-state index contributed by atoms with van der Waals surface area (Å²) in [6, 6.07) is 9.41. The minimum absolute atomic E-state index is 0.138. The summed E-state index contributed by atoms with van der Waals surface area (Å²) in [7, 11) is 0. The Morgan fingerprint density at radius 1 is 1.28 bits per heavy atom. The van der Waals surface area contributed by atoms with Crippen LogP contribution < -0.4 is 5.32 Å². The van der Waals surface area contributed by atoms with Gasteiger partial charge in [0, 0.05) is 19.5 Å². The Morgan fingerprint density at radius 2 is 1.94 bits per heavy atom. The monoisotopic (exact) mass is 247 g/mol. The minimum atomic E-state index is -0.401. The van der Waals surface area contributed by atoms with Gasteiger partial charge in [-0.1, -0.05) is 30.3 Å². The molecule has 0 spiro atoms. The zero-order valence-electron chi connectivity index (χ0n) is 10.6. The lowest BCUT2D eigenvalue weighted by Gasteiger charge is -2.08. The van der Waals surface area contributed by atoms with Crippen molar-refractivity contribution in [2.24, 2.45) is 0 Å². The summed E-state index contributed by atoms with van der Waals surface area (Å²) >= 11 is 0. The van der Waals surface area contributed by atoms with Crippen LogP contribution in [0.2, 0.25) is 0 Å². The van der Waals surface area contributed by atoms with Crippen LogP contribution in [-0.4, -0.2) is 25.0 Å². The SMILES string of the molecule is CCOC(=O)C=C(CNC(C)=O)c1ccccc1. The average molecular weight is 247 g/mol. The Labute approximate surface area is 107 Å². The van der Waals surface area contributed by atoms with E-state index in [9.17, 15) is 9.59 Å². The van der Waals surface area contributed by atoms with E-state index in [0.29, 0.717) is 13.2 Å². The van der Waals surface area contributed by atoms with Crippen LogP contribution in [0.25, 0.3) is 5.57 Å². The van der Waals surface area contributed by atoms with Crippen LogP contribution in [0.5, 0.6) is 0 Å². The molecule has 4 heteroatoms. The summed E-state index contributed by atoms with van der Waals surface area (Å²) in [4.78, 5) is 22.4. The van der Waals surface area contributed by atoms with Crippen LogP contribution in [0.4, 0.5) is 0 Å². The van der Waals surface area contributed by atoms with Gasteiger partial charge in [-0.2, -0.15) is 0 Å². The zero-order valence-corrected chi connectivity index (χ0v) is 10.6. The van der Waals surface area contributed by atoms with E-state index in [2.05, 4.69) is 5.32 Å². The Hall–Kier alpha value is -2.10. The second-order valence-corrected chi connectivity index (χ2v) is 3.70. The molecule has 0 aliphatic rings. The van der Waals surface area contributed by atoms with Crippen LogP contribution in [-0.2, 0) is 14.3 Å². The molecule has 0 heterocycles. The van der Waals surface area contributed by atoms with Crippen molar-refractivity contribution in [1.29, 1.82) is 0 Å². The second-order valence-electron chi connectivity index (χ2n) is 3.70. The number of ether oxygens (including phenoxy) is 1. The molecule has 0 radical (unpaired) electrons. The predicted octanol–water partition coefficient (Wildman–Crippen LogP) is 1.77. The van der Waals surface area contributed by atoms with Gasteiger partial charge in [-0.3, -0.25) is 4.79 Å². The first-order chi connectivity index (χ1) is 8.63. The van der Waals surface area contributed by atoms with Crippen LogP contribution in [0.1, 0.15) is 19.4 Å². The van der Waals surface area contributed by atoms with Gasteiger partial charge in [0.2, 0.25) is 5.91 Å². The molecule has 0 aliphatic carbocycles. The third-order valence-electron chi connectivity index (χ3n) is 2.25. The Morgan fingerprint density at radius 3 is 2.50 bits per heavy atom. The van der Waals surface area contributed by atoms with E-state index >= 15 is 0 Å². The summed E-state index contributed by atoms with van der Waals surface area (Å²) < 4.78 is 4.87. The van der Waals surface area contributed by atoms with Gasteiger partial charge >= 0.3 is 5.97 Å². The first kappa shape index (κ1) is 14.0. The minimum Gasteiger partial charge on any atom is -0.463 e. The molecule has 1 N–H and O–H groups in total. The molecular weight excluding hydrogens is 230 g/mol. The maximum absolute atomic E-state index is 11.5. The molecule has 0 bridgehead atoms. The van der Waals surface area contributed by atoms with E-state index in [1.54, 1.807) is 6.92 Å². The quantitative estimate of drug-likeness (QED) is 0.637. The van der Waals surface area contributed by atoms with Crippen molar-refractivity contribution in [1.82, 2.24) is 5.32 Å². The molecule has 0 aliphatic heterocycles. The Kier molecular flexibility index (Phi) is 5.64. The number of carbonyl (C=O) groups is 2. The first-order valence-electron chi connectivity index (χ1n) is 5.80. The summed E-state index contributed by atoms with van der Waals surface area (Å²) in [6.45, 7) is 3.82.